The molecule has 0 aliphatic carbocycles. The summed E-state index contributed by atoms with van der Waals surface area (Å²) in [5.41, 5.74) is 0. The topological polar surface area (TPSA) is 75.2 Å². The summed E-state index contributed by atoms with van der Waals surface area (Å²) in [6, 6.07) is 7.84. The Hall–Kier alpha value is -2.44. The minimum absolute atomic E-state index is 0.215. The fraction of sp³-hybridized carbons (Fsp3) is 0.579. The SMILES string of the molecule is CCC(=O)N1CCC(NC(=NC)NCCCOc2cccc(OC)c2)C1. The van der Waals surface area contributed by atoms with Crippen molar-refractivity contribution in [3.8, 4) is 11.5 Å². The van der Waals surface area contributed by atoms with Gasteiger partial charge in [0.05, 0.1) is 13.7 Å². The van der Waals surface area contributed by atoms with Gasteiger partial charge in [0.25, 0.3) is 0 Å². The first kappa shape index (κ1) is 19.9. The summed E-state index contributed by atoms with van der Waals surface area (Å²) in [6.45, 7) is 4.83. The van der Waals surface area contributed by atoms with Crippen molar-refractivity contribution < 1.29 is 14.3 Å². The van der Waals surface area contributed by atoms with Crippen molar-refractivity contribution in [2.24, 2.45) is 4.99 Å². The molecule has 1 saturated heterocycles. The van der Waals surface area contributed by atoms with E-state index in [1.54, 1.807) is 14.2 Å². The maximum atomic E-state index is 11.7. The molecule has 1 aromatic carbocycles. The van der Waals surface area contributed by atoms with Crippen molar-refractivity contribution in [1.29, 1.82) is 0 Å². The van der Waals surface area contributed by atoms with Crippen LogP contribution >= 0.6 is 0 Å². The first-order chi connectivity index (χ1) is 12.7. The molecule has 1 unspecified atom stereocenters. The summed E-state index contributed by atoms with van der Waals surface area (Å²) in [5, 5.41) is 6.68. The number of hydrogen-bond acceptors (Lipinski definition) is 4. The lowest BCUT2D eigenvalue weighted by molar-refractivity contribution is -0.129. The van der Waals surface area contributed by atoms with Crippen LogP contribution in [0, 0.1) is 0 Å². The van der Waals surface area contributed by atoms with Crippen molar-refractivity contribution >= 4 is 11.9 Å². The van der Waals surface area contributed by atoms with Crippen molar-refractivity contribution in [1.82, 2.24) is 15.5 Å². The molecule has 26 heavy (non-hydrogen) atoms. The molecule has 2 rings (SSSR count). The molecule has 1 aromatic rings. The monoisotopic (exact) mass is 362 g/mol. The first-order valence-electron chi connectivity index (χ1n) is 9.18. The Bertz CT molecular complexity index is 606. The van der Waals surface area contributed by atoms with E-state index in [1.165, 1.54) is 0 Å². The summed E-state index contributed by atoms with van der Waals surface area (Å²) in [5.74, 6) is 2.57. The number of rotatable bonds is 8. The van der Waals surface area contributed by atoms with Gasteiger partial charge in [-0.3, -0.25) is 9.79 Å². The fourth-order valence-electron chi connectivity index (χ4n) is 2.88. The van der Waals surface area contributed by atoms with Crippen molar-refractivity contribution in [3.05, 3.63) is 24.3 Å². The second-order valence-electron chi connectivity index (χ2n) is 6.20. The van der Waals surface area contributed by atoms with Crippen LogP contribution in [0.2, 0.25) is 0 Å². The summed E-state index contributed by atoms with van der Waals surface area (Å²) in [7, 11) is 3.40. The standard InChI is InChI=1S/C19H30N4O3/c1-4-18(24)23-11-9-15(14-23)22-19(20-2)21-10-6-12-26-17-8-5-7-16(13-17)25-3/h5,7-8,13,15H,4,6,9-12,14H2,1-3H3,(H2,20,21,22). The van der Waals surface area contributed by atoms with Crippen LogP contribution in [0.25, 0.3) is 0 Å². The number of nitrogens with zero attached hydrogens (tertiary/aromatic N) is 2. The third-order valence-corrected chi connectivity index (χ3v) is 4.33. The molecule has 0 aromatic heterocycles. The molecule has 2 N–H and O–H groups in total. The van der Waals surface area contributed by atoms with Crippen molar-refractivity contribution in [2.45, 2.75) is 32.2 Å². The highest BCUT2D eigenvalue weighted by Gasteiger charge is 2.25. The van der Waals surface area contributed by atoms with Gasteiger partial charge < -0.3 is 25.0 Å². The molecule has 1 fully saturated rings. The summed E-state index contributed by atoms with van der Waals surface area (Å²) < 4.78 is 10.9. The predicted molar refractivity (Wildman–Crippen MR) is 103 cm³/mol. The quantitative estimate of drug-likeness (QED) is 0.418. The number of guanidine groups is 1. The fourth-order valence-corrected chi connectivity index (χ4v) is 2.88. The van der Waals surface area contributed by atoms with E-state index in [1.807, 2.05) is 36.1 Å². The van der Waals surface area contributed by atoms with Crippen LogP contribution in [0.3, 0.4) is 0 Å². The Morgan fingerprint density at radius 2 is 2.19 bits per heavy atom. The zero-order valence-corrected chi connectivity index (χ0v) is 16.0. The minimum Gasteiger partial charge on any atom is -0.497 e. The maximum Gasteiger partial charge on any atom is 0.222 e. The van der Waals surface area contributed by atoms with E-state index in [0.717, 1.165) is 49.9 Å². The third-order valence-electron chi connectivity index (χ3n) is 4.33. The highest BCUT2D eigenvalue weighted by molar-refractivity contribution is 5.80. The van der Waals surface area contributed by atoms with Crippen molar-refractivity contribution in [2.75, 3.05) is 40.4 Å². The van der Waals surface area contributed by atoms with Crippen LogP contribution in [0.15, 0.2) is 29.3 Å². The molecule has 1 aliphatic rings. The molecule has 7 heteroatoms. The van der Waals surface area contributed by atoms with Gasteiger partial charge in [-0.2, -0.15) is 0 Å². The molecule has 0 saturated carbocycles. The van der Waals surface area contributed by atoms with E-state index in [0.29, 0.717) is 13.0 Å². The number of benzene rings is 1. The number of carbonyl (C=O) groups is 1. The molecule has 1 heterocycles. The van der Waals surface area contributed by atoms with E-state index >= 15 is 0 Å². The van der Waals surface area contributed by atoms with Crippen molar-refractivity contribution in [3.63, 3.8) is 0 Å². The number of ether oxygens (including phenoxy) is 2. The molecule has 0 radical (unpaired) electrons. The Balaban J connectivity index is 1.64. The normalized spacial score (nSPS) is 17.1. The van der Waals surface area contributed by atoms with Gasteiger partial charge in [0.1, 0.15) is 11.5 Å². The van der Waals surface area contributed by atoms with Gasteiger partial charge in [0.2, 0.25) is 5.91 Å². The lowest BCUT2D eigenvalue weighted by Gasteiger charge is -2.18. The smallest absolute Gasteiger partial charge is 0.222 e. The maximum absolute atomic E-state index is 11.7. The molecular weight excluding hydrogens is 332 g/mol. The summed E-state index contributed by atoms with van der Waals surface area (Å²) in [6.07, 6.45) is 2.36. The number of hydrogen-bond donors (Lipinski definition) is 2. The largest absolute Gasteiger partial charge is 0.497 e. The highest BCUT2D eigenvalue weighted by atomic mass is 16.5. The summed E-state index contributed by atoms with van der Waals surface area (Å²) >= 11 is 0. The molecule has 1 aliphatic heterocycles. The Morgan fingerprint density at radius 1 is 1.38 bits per heavy atom. The highest BCUT2D eigenvalue weighted by Crippen LogP contribution is 2.18. The average molecular weight is 362 g/mol. The third kappa shape index (κ3) is 6.13. The van der Waals surface area contributed by atoms with Gasteiger partial charge in [0, 0.05) is 45.2 Å². The second kappa shape index (κ2) is 10.5. The van der Waals surface area contributed by atoms with Gasteiger partial charge in [-0.05, 0) is 25.0 Å². The number of aliphatic imine (C=N–C) groups is 1. The first-order valence-corrected chi connectivity index (χ1v) is 9.18. The Kier molecular flexibility index (Phi) is 8.05. The van der Waals surface area contributed by atoms with Crippen LogP contribution in [-0.2, 0) is 4.79 Å². The van der Waals surface area contributed by atoms with Gasteiger partial charge >= 0.3 is 0 Å². The molecule has 0 spiro atoms. The number of nitrogens with one attached hydrogen (secondary N) is 2. The number of methoxy groups -OCH3 is 1. The van der Waals surface area contributed by atoms with E-state index < -0.39 is 0 Å². The minimum atomic E-state index is 0.215. The van der Waals surface area contributed by atoms with Crippen LogP contribution in [0.1, 0.15) is 26.2 Å². The van der Waals surface area contributed by atoms with E-state index in [4.69, 9.17) is 9.47 Å². The van der Waals surface area contributed by atoms with Gasteiger partial charge in [0.15, 0.2) is 5.96 Å². The molecule has 1 atom stereocenters. The van der Waals surface area contributed by atoms with E-state index in [-0.39, 0.29) is 11.9 Å². The zero-order valence-electron chi connectivity index (χ0n) is 16.0. The zero-order chi connectivity index (χ0) is 18.8. The van der Waals surface area contributed by atoms with E-state index in [9.17, 15) is 4.79 Å². The average Bonchev–Trinajstić information content (AvgIpc) is 3.14. The molecular formula is C19H30N4O3. The van der Waals surface area contributed by atoms with Gasteiger partial charge in [-0.15, -0.1) is 0 Å². The lowest BCUT2D eigenvalue weighted by Crippen LogP contribution is -2.45. The summed E-state index contributed by atoms with van der Waals surface area (Å²) in [4.78, 5) is 17.9. The van der Waals surface area contributed by atoms with Crippen LogP contribution in [0.4, 0.5) is 0 Å². The van der Waals surface area contributed by atoms with Crippen LogP contribution in [0.5, 0.6) is 11.5 Å². The number of carbonyl (C=O) groups excluding carboxylic acids is 1. The second-order valence-corrected chi connectivity index (χ2v) is 6.20. The number of likely N-dealkylation sites (tertiary alicyclic amines) is 1. The van der Waals surface area contributed by atoms with Gasteiger partial charge in [-0.1, -0.05) is 13.0 Å². The van der Waals surface area contributed by atoms with Gasteiger partial charge in [-0.25, -0.2) is 0 Å². The number of amides is 1. The molecule has 144 valence electrons. The lowest BCUT2D eigenvalue weighted by atomic mass is 10.3. The van der Waals surface area contributed by atoms with Crippen LogP contribution in [-0.4, -0.2) is 63.2 Å². The predicted octanol–water partition coefficient (Wildman–Crippen LogP) is 1.64. The van der Waals surface area contributed by atoms with Crippen LogP contribution < -0.4 is 20.1 Å². The Labute approximate surface area is 155 Å². The molecule has 7 nitrogen and oxygen atoms in total. The van der Waals surface area contributed by atoms with E-state index in [2.05, 4.69) is 15.6 Å². The molecule has 1 amide bonds. The Morgan fingerprint density at radius 3 is 2.92 bits per heavy atom. The molecule has 0 bridgehead atoms.